The molecule has 0 spiro atoms. The van der Waals surface area contributed by atoms with Crippen molar-refractivity contribution in [3.05, 3.63) is 48.7 Å². The van der Waals surface area contributed by atoms with Crippen LogP contribution < -0.4 is 21.3 Å². The summed E-state index contributed by atoms with van der Waals surface area (Å²) in [7, 11) is 2.20. The quantitative estimate of drug-likeness (QED) is 0.203. The van der Waals surface area contributed by atoms with Crippen LogP contribution in [0.1, 0.15) is 36.2 Å². The van der Waals surface area contributed by atoms with Crippen molar-refractivity contribution in [3.63, 3.8) is 0 Å². The summed E-state index contributed by atoms with van der Waals surface area (Å²) in [5.41, 5.74) is 10.2. The van der Waals surface area contributed by atoms with E-state index in [1.54, 1.807) is 18.7 Å². The second kappa shape index (κ2) is 12.0. The second-order valence-electron chi connectivity index (χ2n) is 12.2. The number of primary amides is 1. The molecule has 1 saturated carbocycles. The molecule has 6 N–H and O–H groups in total. The minimum Gasteiger partial charge on any atom is -0.393 e. The van der Waals surface area contributed by atoms with E-state index in [2.05, 4.69) is 59.5 Å². The summed E-state index contributed by atoms with van der Waals surface area (Å²) in [6, 6.07) is 8.87. The van der Waals surface area contributed by atoms with Gasteiger partial charge in [-0.2, -0.15) is 0 Å². The van der Waals surface area contributed by atoms with Crippen LogP contribution in [0.4, 0.5) is 23.0 Å². The number of carbonyl (C=O) groups excluding carboxylic acids is 1. The van der Waals surface area contributed by atoms with Gasteiger partial charge in [-0.05, 0) is 57.0 Å². The van der Waals surface area contributed by atoms with E-state index in [0.717, 1.165) is 50.5 Å². The number of anilines is 4. The van der Waals surface area contributed by atoms with Crippen LogP contribution in [0.2, 0.25) is 0 Å². The number of likely N-dealkylation sites (N-methyl/N-ethyl adjacent to an activating group) is 1. The third kappa shape index (κ3) is 5.77. The van der Waals surface area contributed by atoms with Crippen LogP contribution in [0.15, 0.2) is 43.0 Å². The average molecular weight is 598 g/mol. The van der Waals surface area contributed by atoms with Crippen LogP contribution in [0.25, 0.3) is 22.3 Å². The number of hydrogen-bond donors (Lipinski definition) is 5. The largest absolute Gasteiger partial charge is 0.393 e. The van der Waals surface area contributed by atoms with Crippen molar-refractivity contribution in [2.75, 3.05) is 61.8 Å². The van der Waals surface area contributed by atoms with E-state index >= 15 is 0 Å². The van der Waals surface area contributed by atoms with Gasteiger partial charge < -0.3 is 36.3 Å². The van der Waals surface area contributed by atoms with E-state index < -0.39 is 5.91 Å². The molecule has 3 aromatic heterocycles. The monoisotopic (exact) mass is 597 g/mol. The number of nitrogens with zero attached hydrogens (tertiary/aromatic N) is 7. The molecule has 0 bridgehead atoms. The van der Waals surface area contributed by atoms with Crippen LogP contribution in [-0.2, 0) is 0 Å². The molecule has 2 saturated heterocycles. The smallest absolute Gasteiger partial charge is 0.271 e. The van der Waals surface area contributed by atoms with Crippen LogP contribution in [-0.4, -0.2) is 110 Å². The molecule has 1 amide bonds. The van der Waals surface area contributed by atoms with Crippen LogP contribution in [0, 0.1) is 0 Å². The Balaban J connectivity index is 1.11. The SMILES string of the molecule is CN1CCN(C2CCN(c3ccc(Nc4nc(N[C@H]5C[C@H](O)C5)c(-c5cncc6[nH]cnc56)nc4C(N)=O)cc3)CC2)CC1. The molecule has 7 rings (SSSR count). The van der Waals surface area contributed by atoms with Gasteiger partial charge in [-0.15, -0.1) is 0 Å². The maximum atomic E-state index is 12.6. The maximum Gasteiger partial charge on any atom is 0.271 e. The van der Waals surface area contributed by atoms with Crippen molar-refractivity contribution in [2.45, 2.75) is 43.9 Å². The summed E-state index contributed by atoms with van der Waals surface area (Å²) in [4.78, 5) is 41.5. The van der Waals surface area contributed by atoms with Gasteiger partial charge in [-0.1, -0.05) is 0 Å². The molecule has 1 aromatic carbocycles. The number of H-pyrrole nitrogens is 1. The molecule has 2 aliphatic heterocycles. The standard InChI is InChI=1S/C31H39N11O2/c1-40-10-12-42(13-11-40)22-6-8-41(9-7-22)21-4-2-19(3-5-21)36-31-28(29(32)44)38-27(30(39-31)37-20-14-23(43)15-20)24-16-33-17-25-26(24)35-18-34-25/h2-5,16-18,20,22-23,43H,6-15H2,1H3,(H2,32,44)(H,34,35)(H2,36,37,39)/t20-,23-. The number of amides is 1. The lowest BCUT2D eigenvalue weighted by Gasteiger charge is -2.42. The van der Waals surface area contributed by atoms with Gasteiger partial charge in [0.15, 0.2) is 17.3 Å². The highest BCUT2D eigenvalue weighted by Gasteiger charge is 2.30. The van der Waals surface area contributed by atoms with Gasteiger partial charge in [-0.3, -0.25) is 14.7 Å². The fourth-order valence-corrected chi connectivity index (χ4v) is 6.49. The zero-order valence-corrected chi connectivity index (χ0v) is 24.9. The number of aliphatic hydroxyl groups is 1. The van der Waals surface area contributed by atoms with Crippen LogP contribution in [0.5, 0.6) is 0 Å². The molecule has 44 heavy (non-hydrogen) atoms. The first kappa shape index (κ1) is 28.4. The van der Waals surface area contributed by atoms with Gasteiger partial charge in [0.05, 0.1) is 29.7 Å². The molecule has 3 aliphatic rings. The van der Waals surface area contributed by atoms with Gasteiger partial charge in [-0.25, -0.2) is 15.0 Å². The summed E-state index contributed by atoms with van der Waals surface area (Å²) in [5, 5.41) is 16.6. The normalized spacial score (nSPS) is 21.7. The first-order valence-electron chi connectivity index (χ1n) is 15.4. The number of rotatable bonds is 8. The summed E-state index contributed by atoms with van der Waals surface area (Å²) in [6.45, 7) is 6.69. The Hall–Kier alpha value is -4.33. The Bertz CT molecular complexity index is 1620. The Morgan fingerprint density at radius 3 is 2.45 bits per heavy atom. The van der Waals surface area contributed by atoms with E-state index in [0.29, 0.717) is 41.5 Å². The first-order valence-corrected chi connectivity index (χ1v) is 15.4. The predicted octanol–water partition coefficient (Wildman–Crippen LogP) is 2.41. The Morgan fingerprint density at radius 2 is 1.75 bits per heavy atom. The van der Waals surface area contributed by atoms with Crippen molar-refractivity contribution in [1.29, 1.82) is 0 Å². The van der Waals surface area contributed by atoms with Gasteiger partial charge in [0.2, 0.25) is 0 Å². The second-order valence-corrected chi connectivity index (χ2v) is 12.2. The first-order chi connectivity index (χ1) is 21.4. The van der Waals surface area contributed by atoms with E-state index in [-0.39, 0.29) is 23.7 Å². The number of hydrogen-bond acceptors (Lipinski definition) is 11. The molecule has 3 fully saturated rings. The van der Waals surface area contributed by atoms with Gasteiger partial charge in [0.1, 0.15) is 11.2 Å². The third-order valence-electron chi connectivity index (χ3n) is 9.18. The van der Waals surface area contributed by atoms with Crippen molar-refractivity contribution in [1.82, 2.24) is 34.7 Å². The molecule has 5 heterocycles. The topological polar surface area (TPSA) is 164 Å². The Labute approximate surface area is 255 Å². The van der Waals surface area contributed by atoms with Crippen LogP contribution >= 0.6 is 0 Å². The number of fused-ring (bicyclic) bond motifs is 1. The minimum atomic E-state index is -0.700. The molecule has 13 nitrogen and oxygen atoms in total. The van der Waals surface area contributed by atoms with Gasteiger partial charge in [0.25, 0.3) is 5.91 Å². The molecule has 4 aromatic rings. The number of aliphatic hydroxyl groups excluding tert-OH is 1. The number of carbonyl (C=O) groups is 1. The highest BCUT2D eigenvalue weighted by Crippen LogP contribution is 2.35. The third-order valence-corrected chi connectivity index (χ3v) is 9.18. The lowest BCUT2D eigenvalue weighted by molar-refractivity contribution is 0.0835. The average Bonchev–Trinajstić information content (AvgIpc) is 3.51. The predicted molar refractivity (Wildman–Crippen MR) is 170 cm³/mol. The van der Waals surface area contributed by atoms with Crippen molar-refractivity contribution in [2.24, 2.45) is 5.73 Å². The number of imidazole rings is 1. The number of piperazine rings is 1. The van der Waals surface area contributed by atoms with E-state index in [9.17, 15) is 9.90 Å². The summed E-state index contributed by atoms with van der Waals surface area (Å²) < 4.78 is 0. The summed E-state index contributed by atoms with van der Waals surface area (Å²) >= 11 is 0. The van der Waals surface area contributed by atoms with Crippen molar-refractivity contribution in [3.8, 4) is 11.3 Å². The number of aromatic amines is 1. The number of aromatic nitrogens is 5. The lowest BCUT2D eigenvalue weighted by atomic mass is 9.89. The molecular formula is C31H39N11O2. The molecule has 13 heteroatoms. The van der Waals surface area contributed by atoms with Gasteiger partial charge in [0, 0.05) is 68.9 Å². The number of piperidine rings is 1. The van der Waals surface area contributed by atoms with Gasteiger partial charge >= 0.3 is 0 Å². The molecule has 230 valence electrons. The number of nitrogens with two attached hydrogens (primary N) is 1. The van der Waals surface area contributed by atoms with E-state index in [1.807, 2.05) is 12.1 Å². The molecular weight excluding hydrogens is 558 g/mol. The van der Waals surface area contributed by atoms with Crippen molar-refractivity contribution < 1.29 is 9.90 Å². The number of benzene rings is 1. The Morgan fingerprint density at radius 1 is 1.00 bits per heavy atom. The van der Waals surface area contributed by atoms with E-state index in [1.165, 1.54) is 18.5 Å². The molecule has 1 aliphatic carbocycles. The van der Waals surface area contributed by atoms with Crippen molar-refractivity contribution >= 4 is 40.0 Å². The highest BCUT2D eigenvalue weighted by atomic mass is 16.3. The lowest BCUT2D eigenvalue weighted by Crippen LogP contribution is -2.52. The molecule has 0 unspecified atom stereocenters. The zero-order valence-electron chi connectivity index (χ0n) is 24.9. The summed E-state index contributed by atoms with van der Waals surface area (Å²) in [5.74, 6) is 0.0203. The zero-order chi connectivity index (χ0) is 30.2. The molecule has 0 radical (unpaired) electrons. The highest BCUT2D eigenvalue weighted by molar-refractivity contribution is 5.99. The van der Waals surface area contributed by atoms with Crippen LogP contribution in [0.3, 0.4) is 0 Å². The fourth-order valence-electron chi connectivity index (χ4n) is 6.49. The maximum absolute atomic E-state index is 12.6. The Kier molecular flexibility index (Phi) is 7.75. The minimum absolute atomic E-state index is 0.0155. The molecule has 0 atom stereocenters. The van der Waals surface area contributed by atoms with E-state index in [4.69, 9.17) is 15.7 Å². The number of pyridine rings is 1. The fraction of sp³-hybridized carbons (Fsp3) is 0.452. The number of nitrogens with one attached hydrogen (secondary N) is 3. The summed E-state index contributed by atoms with van der Waals surface area (Å²) in [6.07, 6.45) is 8.10.